The minimum Gasteiger partial charge on any atom is -0.255 e. The van der Waals surface area contributed by atoms with Crippen molar-refractivity contribution in [1.82, 2.24) is 0 Å². The van der Waals surface area contributed by atoms with Crippen molar-refractivity contribution in [1.29, 1.82) is 0 Å². The van der Waals surface area contributed by atoms with Gasteiger partial charge in [-0.05, 0) is 36.5 Å². The zero-order valence-electron chi connectivity index (χ0n) is 6.48. The number of hydrogen-bond acceptors (Lipinski definition) is 3. The van der Waals surface area contributed by atoms with E-state index in [1.54, 1.807) is 30.5 Å². The summed E-state index contributed by atoms with van der Waals surface area (Å²) < 4.78 is 11.0. The Bertz CT molecular complexity index is 318. The first-order chi connectivity index (χ1) is 5.74. The lowest BCUT2D eigenvalue weighted by molar-refractivity contribution is 0.687. The number of aliphatic imine (C=N–C) groups is 1. The Balaban J connectivity index is 3.00. The van der Waals surface area contributed by atoms with Crippen molar-refractivity contribution in [2.45, 2.75) is 4.90 Å². The molecule has 1 aromatic rings. The molecule has 0 radical (unpaired) electrons. The second-order valence-electron chi connectivity index (χ2n) is 2.15. The van der Waals surface area contributed by atoms with E-state index in [0.29, 0.717) is 0 Å². The Kier molecular flexibility index (Phi) is 3.29. The van der Waals surface area contributed by atoms with Crippen molar-refractivity contribution in [3.63, 3.8) is 0 Å². The zero-order valence-corrected chi connectivity index (χ0v) is 8.11. The molecule has 12 heavy (non-hydrogen) atoms. The number of isothiocyanates is 1. The van der Waals surface area contributed by atoms with Gasteiger partial charge in [-0.1, -0.05) is 0 Å². The maximum absolute atomic E-state index is 11.0. The van der Waals surface area contributed by atoms with E-state index in [1.165, 1.54) is 0 Å². The van der Waals surface area contributed by atoms with Crippen LogP contribution in [-0.4, -0.2) is 15.6 Å². The van der Waals surface area contributed by atoms with E-state index in [1.807, 2.05) is 0 Å². The van der Waals surface area contributed by atoms with Crippen LogP contribution < -0.4 is 0 Å². The van der Waals surface area contributed by atoms with Crippen LogP contribution >= 0.6 is 12.2 Å². The third-order valence-electron chi connectivity index (χ3n) is 1.34. The maximum Gasteiger partial charge on any atom is 0.0740 e. The molecule has 0 amide bonds. The van der Waals surface area contributed by atoms with Crippen LogP contribution in [0.2, 0.25) is 0 Å². The largest absolute Gasteiger partial charge is 0.255 e. The lowest BCUT2D eigenvalue weighted by atomic mass is 10.3. The van der Waals surface area contributed by atoms with Crippen molar-refractivity contribution in [3.05, 3.63) is 24.3 Å². The molecule has 0 aliphatic heterocycles. The molecule has 0 fully saturated rings. The Morgan fingerprint density at radius 1 is 1.42 bits per heavy atom. The molecule has 0 saturated heterocycles. The molecular formula is C8H7NOS2. The Hall–Kier alpha value is -0.830. The summed E-state index contributed by atoms with van der Waals surface area (Å²) in [4.78, 5) is 4.56. The molecular weight excluding hydrogens is 190 g/mol. The summed E-state index contributed by atoms with van der Waals surface area (Å²) >= 11 is 4.44. The van der Waals surface area contributed by atoms with E-state index in [4.69, 9.17) is 0 Å². The third kappa shape index (κ3) is 2.34. The summed E-state index contributed by atoms with van der Waals surface area (Å²) in [6.45, 7) is 0. The van der Waals surface area contributed by atoms with Crippen LogP contribution in [0.15, 0.2) is 34.2 Å². The molecule has 1 rings (SSSR count). The van der Waals surface area contributed by atoms with Gasteiger partial charge >= 0.3 is 0 Å². The minimum absolute atomic E-state index is 0.735. The molecule has 0 heterocycles. The number of hydrogen-bond donors (Lipinski definition) is 0. The number of nitrogens with zero attached hydrogens (tertiary/aromatic N) is 1. The molecule has 2 nitrogen and oxygen atoms in total. The van der Waals surface area contributed by atoms with Gasteiger partial charge in [0.1, 0.15) is 0 Å². The smallest absolute Gasteiger partial charge is 0.0740 e. The fourth-order valence-corrected chi connectivity index (χ4v) is 1.39. The Morgan fingerprint density at radius 2 is 2.00 bits per heavy atom. The second kappa shape index (κ2) is 4.26. The highest BCUT2D eigenvalue weighted by atomic mass is 32.2. The molecule has 1 aromatic carbocycles. The first-order valence-electron chi connectivity index (χ1n) is 3.25. The number of thiocarbonyl (C=S) groups is 1. The summed E-state index contributed by atoms with van der Waals surface area (Å²) in [6, 6.07) is 7.05. The minimum atomic E-state index is -0.929. The van der Waals surface area contributed by atoms with Crippen LogP contribution in [0.3, 0.4) is 0 Å². The van der Waals surface area contributed by atoms with Gasteiger partial charge in [0.05, 0.1) is 10.8 Å². The highest BCUT2D eigenvalue weighted by Gasteiger charge is 1.95. The summed E-state index contributed by atoms with van der Waals surface area (Å²) in [7, 11) is -0.929. The quantitative estimate of drug-likeness (QED) is 0.537. The van der Waals surface area contributed by atoms with E-state index in [2.05, 4.69) is 22.4 Å². The summed E-state index contributed by atoms with van der Waals surface area (Å²) in [5.74, 6) is 0. The average Bonchev–Trinajstić information content (AvgIpc) is 2.06. The standard InChI is InChI=1S/C8H7NOS2/c1-12(10)8-4-2-7(3-5-8)9-6-11/h2-5H,1H3. The van der Waals surface area contributed by atoms with E-state index >= 15 is 0 Å². The third-order valence-corrected chi connectivity index (χ3v) is 2.37. The predicted molar refractivity (Wildman–Crippen MR) is 53.5 cm³/mol. The lowest BCUT2D eigenvalue weighted by Crippen LogP contribution is -1.84. The van der Waals surface area contributed by atoms with Crippen LogP contribution in [-0.2, 0) is 10.8 Å². The van der Waals surface area contributed by atoms with Gasteiger partial charge in [0.25, 0.3) is 0 Å². The lowest BCUT2D eigenvalue weighted by Gasteiger charge is -1.94. The van der Waals surface area contributed by atoms with Crippen molar-refractivity contribution in [2.24, 2.45) is 4.99 Å². The highest BCUT2D eigenvalue weighted by molar-refractivity contribution is 7.84. The summed E-state index contributed by atoms with van der Waals surface area (Å²) in [5, 5.41) is 2.27. The monoisotopic (exact) mass is 197 g/mol. The maximum atomic E-state index is 11.0. The SMILES string of the molecule is CS(=O)c1ccc(N=C=S)cc1. The van der Waals surface area contributed by atoms with Gasteiger partial charge in [-0.15, -0.1) is 0 Å². The van der Waals surface area contributed by atoms with Gasteiger partial charge in [-0.25, -0.2) is 0 Å². The van der Waals surface area contributed by atoms with Gasteiger partial charge in [-0.3, -0.25) is 4.21 Å². The van der Waals surface area contributed by atoms with Gasteiger partial charge < -0.3 is 0 Å². The van der Waals surface area contributed by atoms with Gasteiger partial charge in [0.2, 0.25) is 0 Å². The van der Waals surface area contributed by atoms with E-state index < -0.39 is 10.8 Å². The fourth-order valence-electron chi connectivity index (χ4n) is 0.765. The van der Waals surface area contributed by atoms with Gasteiger partial charge in [0.15, 0.2) is 0 Å². The van der Waals surface area contributed by atoms with Crippen molar-refractivity contribution in [3.8, 4) is 0 Å². The predicted octanol–water partition coefficient (Wildman–Crippen LogP) is 2.16. The normalized spacial score (nSPS) is 11.8. The molecule has 0 saturated carbocycles. The fraction of sp³-hybridized carbons (Fsp3) is 0.125. The molecule has 0 N–H and O–H groups in total. The van der Waals surface area contributed by atoms with Crippen LogP contribution in [0.1, 0.15) is 0 Å². The van der Waals surface area contributed by atoms with Crippen LogP contribution in [0.25, 0.3) is 0 Å². The van der Waals surface area contributed by atoms with E-state index in [0.717, 1.165) is 10.6 Å². The van der Waals surface area contributed by atoms with Crippen LogP contribution in [0.4, 0.5) is 5.69 Å². The molecule has 1 unspecified atom stereocenters. The van der Waals surface area contributed by atoms with Crippen LogP contribution in [0, 0.1) is 0 Å². The number of benzene rings is 1. The Labute approximate surface area is 78.8 Å². The van der Waals surface area contributed by atoms with Gasteiger partial charge in [-0.2, -0.15) is 4.99 Å². The van der Waals surface area contributed by atoms with Crippen molar-refractivity contribution >= 4 is 33.9 Å². The van der Waals surface area contributed by atoms with Gasteiger partial charge in [0, 0.05) is 22.0 Å². The first-order valence-corrected chi connectivity index (χ1v) is 5.22. The zero-order chi connectivity index (χ0) is 8.97. The molecule has 62 valence electrons. The molecule has 4 heteroatoms. The highest BCUT2D eigenvalue weighted by Crippen LogP contribution is 2.13. The Morgan fingerprint density at radius 3 is 2.42 bits per heavy atom. The molecule has 0 aliphatic carbocycles. The number of rotatable bonds is 2. The topological polar surface area (TPSA) is 29.4 Å². The summed E-state index contributed by atoms with van der Waals surface area (Å²) in [6.07, 6.45) is 1.64. The average molecular weight is 197 g/mol. The van der Waals surface area contributed by atoms with E-state index in [9.17, 15) is 4.21 Å². The molecule has 0 bridgehead atoms. The first kappa shape index (κ1) is 9.26. The summed E-state index contributed by atoms with van der Waals surface area (Å²) in [5.41, 5.74) is 0.735. The van der Waals surface area contributed by atoms with Crippen LogP contribution in [0.5, 0.6) is 0 Å². The van der Waals surface area contributed by atoms with Crippen molar-refractivity contribution < 1.29 is 4.21 Å². The second-order valence-corrected chi connectivity index (χ2v) is 3.71. The molecule has 1 atom stereocenters. The molecule has 0 aliphatic rings. The molecule has 0 aromatic heterocycles. The van der Waals surface area contributed by atoms with E-state index in [-0.39, 0.29) is 0 Å². The molecule has 0 spiro atoms. The van der Waals surface area contributed by atoms with Crippen molar-refractivity contribution in [2.75, 3.05) is 6.26 Å².